The van der Waals surface area contributed by atoms with E-state index < -0.39 is 17.9 Å². The van der Waals surface area contributed by atoms with Crippen LogP contribution in [0.1, 0.15) is 40.5 Å². The van der Waals surface area contributed by atoms with Crippen LogP contribution in [0, 0.1) is 9.39 Å². The number of nitrogens with zero attached hydrogens (tertiary/aromatic N) is 3. The first kappa shape index (κ1) is 29.1. The number of nitrogen functional groups attached to an aromatic ring is 1. The second-order valence-corrected chi connectivity index (χ2v) is 11.9. The number of morpholine rings is 1. The number of hydrogen-bond donors (Lipinski definition) is 1. The Balaban J connectivity index is 1.65. The number of rotatable bonds is 6. The maximum Gasteiger partial charge on any atom is 0.257 e. The molecular weight excluding hydrogens is 669 g/mol. The molecule has 2 aliphatic rings. The van der Waals surface area contributed by atoms with Gasteiger partial charge in [0.2, 0.25) is 0 Å². The number of hydrogen-bond acceptors (Lipinski definition) is 5. The van der Waals surface area contributed by atoms with Gasteiger partial charge in [-0.1, -0.05) is 35.3 Å². The molecular formula is C29H28Cl2FIN4O3. The number of anilines is 2. The maximum absolute atomic E-state index is 14.6. The molecule has 2 N–H and O–H groups in total. The minimum absolute atomic E-state index is 0.116. The molecule has 11 heteroatoms. The second-order valence-electron chi connectivity index (χ2n) is 9.84. The van der Waals surface area contributed by atoms with E-state index in [1.54, 1.807) is 42.2 Å². The average molecular weight is 697 g/mol. The topological polar surface area (TPSA) is 79.1 Å². The summed E-state index contributed by atoms with van der Waals surface area (Å²) < 4.78 is 21.0. The molecule has 1 unspecified atom stereocenters. The van der Waals surface area contributed by atoms with Crippen LogP contribution in [0.25, 0.3) is 0 Å². The predicted molar refractivity (Wildman–Crippen MR) is 163 cm³/mol. The summed E-state index contributed by atoms with van der Waals surface area (Å²) in [6, 6.07) is 13.1. The summed E-state index contributed by atoms with van der Waals surface area (Å²) in [5.41, 5.74) is 8.37. The molecule has 0 radical (unpaired) electrons. The van der Waals surface area contributed by atoms with Crippen molar-refractivity contribution < 1.29 is 18.7 Å². The fourth-order valence-corrected chi connectivity index (χ4v) is 6.08. The van der Waals surface area contributed by atoms with Crippen LogP contribution in [-0.4, -0.2) is 61.0 Å². The predicted octanol–water partition coefficient (Wildman–Crippen LogP) is 5.94. The minimum atomic E-state index is -1.02. The third kappa shape index (κ3) is 5.80. The molecule has 2 heterocycles. The summed E-state index contributed by atoms with van der Waals surface area (Å²) in [6.45, 7) is 5.55. The standard InChI is InChI=1S/C29H28Cl2FIN4O3/c1-17(21-15-24(32)23(31)16-25(21)34)37-27(18-2-4-19(30)5-3-18)29(39)36(9-8-35-10-12-40-13-11-35)26-7-6-20(33)14-22(26)28(37)38/h2-7,14-17,27H,8-13,34H2,1H3/t17?,27-/m1/s1. The zero-order chi connectivity index (χ0) is 28.6. The first-order valence-electron chi connectivity index (χ1n) is 12.9. The van der Waals surface area contributed by atoms with Gasteiger partial charge in [0.05, 0.1) is 35.5 Å². The van der Waals surface area contributed by atoms with Crippen molar-refractivity contribution in [2.75, 3.05) is 50.0 Å². The van der Waals surface area contributed by atoms with E-state index in [-0.39, 0.29) is 22.5 Å². The van der Waals surface area contributed by atoms with Crippen molar-refractivity contribution in [1.82, 2.24) is 9.80 Å². The Bertz CT molecular complexity index is 1440. The Morgan fingerprint density at radius 1 is 1.05 bits per heavy atom. The van der Waals surface area contributed by atoms with Gasteiger partial charge in [0.25, 0.3) is 11.8 Å². The van der Waals surface area contributed by atoms with E-state index in [0.717, 1.165) is 16.7 Å². The Hall–Kier alpha value is -2.44. The van der Waals surface area contributed by atoms with Gasteiger partial charge >= 0.3 is 0 Å². The number of amides is 2. The van der Waals surface area contributed by atoms with Crippen LogP contribution in [0.2, 0.25) is 10.0 Å². The van der Waals surface area contributed by atoms with Crippen LogP contribution in [0.4, 0.5) is 15.8 Å². The smallest absolute Gasteiger partial charge is 0.257 e. The highest BCUT2D eigenvalue weighted by molar-refractivity contribution is 14.1. The number of benzene rings is 3. The summed E-state index contributed by atoms with van der Waals surface area (Å²) in [5, 5.41) is 0.386. The molecule has 2 aliphatic heterocycles. The molecule has 210 valence electrons. The van der Waals surface area contributed by atoms with Gasteiger partial charge in [0.1, 0.15) is 11.9 Å². The van der Waals surface area contributed by atoms with Gasteiger partial charge in [0, 0.05) is 46.0 Å². The molecule has 0 aromatic heterocycles. The third-order valence-corrected chi connectivity index (χ3v) is 8.63. The molecule has 2 amide bonds. The van der Waals surface area contributed by atoms with Crippen LogP contribution in [0.5, 0.6) is 0 Å². The molecule has 1 fully saturated rings. The molecule has 0 bridgehead atoms. The van der Waals surface area contributed by atoms with Gasteiger partial charge in [-0.2, -0.15) is 0 Å². The SMILES string of the molecule is CC(c1cc(F)c(Cl)cc1N)N1C(=O)c2cc(I)ccc2N(CCN2CCOCC2)C(=O)[C@H]1c1ccc(Cl)cc1. The van der Waals surface area contributed by atoms with Crippen molar-refractivity contribution in [2.45, 2.75) is 19.0 Å². The molecule has 1 saturated heterocycles. The zero-order valence-corrected chi connectivity index (χ0v) is 25.4. The van der Waals surface area contributed by atoms with Crippen molar-refractivity contribution in [2.24, 2.45) is 0 Å². The van der Waals surface area contributed by atoms with Gasteiger partial charge in [-0.25, -0.2) is 4.39 Å². The summed E-state index contributed by atoms with van der Waals surface area (Å²) in [7, 11) is 0. The van der Waals surface area contributed by atoms with E-state index in [4.69, 9.17) is 33.7 Å². The summed E-state index contributed by atoms with van der Waals surface area (Å²) >= 11 is 14.3. The third-order valence-electron chi connectivity index (χ3n) is 7.41. The van der Waals surface area contributed by atoms with Crippen molar-refractivity contribution in [3.63, 3.8) is 0 Å². The normalized spacial score (nSPS) is 19.0. The lowest BCUT2D eigenvalue weighted by Crippen LogP contribution is -2.47. The minimum Gasteiger partial charge on any atom is -0.398 e. The van der Waals surface area contributed by atoms with Crippen LogP contribution in [-0.2, 0) is 9.53 Å². The fraction of sp³-hybridized carbons (Fsp3) is 0.310. The lowest BCUT2D eigenvalue weighted by atomic mass is 9.97. The van der Waals surface area contributed by atoms with E-state index in [1.165, 1.54) is 17.0 Å². The van der Waals surface area contributed by atoms with Crippen LogP contribution in [0.3, 0.4) is 0 Å². The van der Waals surface area contributed by atoms with E-state index in [2.05, 4.69) is 27.5 Å². The second kappa shape index (κ2) is 12.2. The van der Waals surface area contributed by atoms with E-state index >= 15 is 0 Å². The summed E-state index contributed by atoms with van der Waals surface area (Å²) in [6.07, 6.45) is 0. The van der Waals surface area contributed by atoms with Crippen molar-refractivity contribution >= 4 is 69.0 Å². The highest BCUT2D eigenvalue weighted by atomic mass is 127. The Morgan fingerprint density at radius 2 is 1.75 bits per heavy atom. The van der Waals surface area contributed by atoms with Crippen molar-refractivity contribution in [3.05, 3.63) is 90.7 Å². The van der Waals surface area contributed by atoms with E-state index in [9.17, 15) is 14.0 Å². The highest BCUT2D eigenvalue weighted by Crippen LogP contribution is 2.42. The molecule has 5 rings (SSSR count). The molecule has 3 aromatic rings. The van der Waals surface area contributed by atoms with Crippen LogP contribution in [0.15, 0.2) is 54.6 Å². The van der Waals surface area contributed by atoms with E-state index in [1.807, 2.05) is 12.1 Å². The van der Waals surface area contributed by atoms with Gasteiger partial charge < -0.3 is 20.3 Å². The molecule has 0 saturated carbocycles. The summed E-state index contributed by atoms with van der Waals surface area (Å²) in [5.74, 6) is -1.29. The number of ether oxygens (including phenoxy) is 1. The monoisotopic (exact) mass is 696 g/mol. The van der Waals surface area contributed by atoms with Crippen molar-refractivity contribution in [3.8, 4) is 0 Å². The van der Waals surface area contributed by atoms with Gasteiger partial charge in [0.15, 0.2) is 0 Å². The molecule has 40 heavy (non-hydrogen) atoms. The number of halogens is 4. The Morgan fingerprint density at radius 3 is 2.45 bits per heavy atom. The molecule has 0 aliphatic carbocycles. The van der Waals surface area contributed by atoms with Gasteiger partial charge in [-0.05, 0) is 77.5 Å². The largest absolute Gasteiger partial charge is 0.398 e. The van der Waals surface area contributed by atoms with E-state index in [0.29, 0.717) is 53.7 Å². The number of carbonyl (C=O) groups is 2. The van der Waals surface area contributed by atoms with Crippen molar-refractivity contribution in [1.29, 1.82) is 0 Å². The maximum atomic E-state index is 14.6. The molecule has 2 atom stereocenters. The lowest BCUT2D eigenvalue weighted by molar-refractivity contribution is -0.123. The molecule has 7 nitrogen and oxygen atoms in total. The number of fused-ring (bicyclic) bond motifs is 1. The van der Waals surface area contributed by atoms with Crippen LogP contribution >= 0.6 is 45.8 Å². The number of carbonyl (C=O) groups excluding carboxylic acids is 2. The molecule has 3 aromatic carbocycles. The fourth-order valence-electron chi connectivity index (χ4n) is 5.29. The van der Waals surface area contributed by atoms with Gasteiger partial charge in [-0.3, -0.25) is 14.5 Å². The lowest BCUT2D eigenvalue weighted by Gasteiger charge is -2.36. The quantitative estimate of drug-likeness (QED) is 0.255. The highest BCUT2D eigenvalue weighted by Gasteiger charge is 2.43. The molecule has 0 spiro atoms. The van der Waals surface area contributed by atoms with Gasteiger partial charge in [-0.15, -0.1) is 0 Å². The Kier molecular flexibility index (Phi) is 8.86. The number of nitrogens with two attached hydrogens (primary N) is 1. The average Bonchev–Trinajstić information content (AvgIpc) is 3.02. The first-order chi connectivity index (χ1) is 19.2. The van der Waals surface area contributed by atoms with Crippen LogP contribution < -0.4 is 10.6 Å². The summed E-state index contributed by atoms with van der Waals surface area (Å²) in [4.78, 5) is 34.4. The Labute approximate surface area is 256 Å². The zero-order valence-electron chi connectivity index (χ0n) is 21.7. The first-order valence-corrected chi connectivity index (χ1v) is 14.7.